The lowest BCUT2D eigenvalue weighted by Gasteiger charge is -1.98. The molecule has 4 heteroatoms. The molecule has 0 atom stereocenters. The van der Waals surface area contributed by atoms with E-state index in [1.165, 1.54) is 0 Å². The quantitative estimate of drug-likeness (QED) is 0.519. The highest BCUT2D eigenvalue weighted by atomic mass is 16.5. The average molecular weight is 249 g/mol. The van der Waals surface area contributed by atoms with E-state index < -0.39 is 0 Å². The van der Waals surface area contributed by atoms with Crippen LogP contribution in [0.5, 0.6) is 0 Å². The molecule has 2 heterocycles. The van der Waals surface area contributed by atoms with E-state index in [2.05, 4.69) is 10.3 Å². The van der Waals surface area contributed by atoms with E-state index in [0.717, 1.165) is 33.1 Å². The van der Waals surface area contributed by atoms with Crippen molar-refractivity contribution in [2.24, 2.45) is 7.05 Å². The Morgan fingerprint density at radius 1 is 1.05 bits per heavy atom. The molecule has 0 N–H and O–H groups in total. The standard InChI is InChI=1S/C15H11N3O/c1-18-13-8-7-12-14(11(13)9-16-18)15(19-17-12)10-5-3-2-4-6-10/h2-9H,1H3. The van der Waals surface area contributed by atoms with Crippen LogP contribution in [-0.4, -0.2) is 14.9 Å². The van der Waals surface area contributed by atoms with Gasteiger partial charge >= 0.3 is 0 Å². The summed E-state index contributed by atoms with van der Waals surface area (Å²) in [5, 5.41) is 10.5. The lowest BCUT2D eigenvalue weighted by atomic mass is 10.1. The molecule has 0 unspecified atom stereocenters. The van der Waals surface area contributed by atoms with Crippen LogP contribution in [0.2, 0.25) is 0 Å². The van der Waals surface area contributed by atoms with Gasteiger partial charge in [0.2, 0.25) is 0 Å². The van der Waals surface area contributed by atoms with Gasteiger partial charge in [0, 0.05) is 18.0 Å². The number of hydrogen-bond acceptors (Lipinski definition) is 3. The predicted molar refractivity (Wildman–Crippen MR) is 73.7 cm³/mol. The van der Waals surface area contributed by atoms with Crippen molar-refractivity contribution in [3.05, 3.63) is 48.7 Å². The average Bonchev–Trinajstić information content (AvgIpc) is 3.03. The van der Waals surface area contributed by atoms with Crippen molar-refractivity contribution < 1.29 is 4.52 Å². The van der Waals surface area contributed by atoms with Gasteiger partial charge < -0.3 is 4.52 Å². The van der Waals surface area contributed by atoms with E-state index in [0.29, 0.717) is 0 Å². The van der Waals surface area contributed by atoms with Crippen molar-refractivity contribution in [1.29, 1.82) is 0 Å². The molecule has 4 rings (SSSR count). The highest BCUT2D eigenvalue weighted by Gasteiger charge is 2.15. The Bertz CT molecular complexity index is 874. The lowest BCUT2D eigenvalue weighted by molar-refractivity contribution is 0.441. The summed E-state index contributed by atoms with van der Waals surface area (Å²) in [6.45, 7) is 0. The number of fused-ring (bicyclic) bond motifs is 3. The van der Waals surface area contributed by atoms with Crippen molar-refractivity contribution in [3.63, 3.8) is 0 Å². The van der Waals surface area contributed by atoms with Gasteiger partial charge in [-0.25, -0.2) is 0 Å². The summed E-state index contributed by atoms with van der Waals surface area (Å²) < 4.78 is 7.39. The first-order valence-electron chi connectivity index (χ1n) is 6.10. The first kappa shape index (κ1) is 10.3. The van der Waals surface area contributed by atoms with Crippen LogP contribution in [0.1, 0.15) is 0 Å². The van der Waals surface area contributed by atoms with Gasteiger partial charge in [-0.15, -0.1) is 0 Å². The molecule has 92 valence electrons. The van der Waals surface area contributed by atoms with Crippen molar-refractivity contribution in [3.8, 4) is 11.3 Å². The van der Waals surface area contributed by atoms with Crippen molar-refractivity contribution in [2.45, 2.75) is 0 Å². The fraction of sp³-hybridized carbons (Fsp3) is 0.0667. The fourth-order valence-corrected chi connectivity index (χ4v) is 2.46. The second-order valence-corrected chi connectivity index (χ2v) is 4.54. The number of benzene rings is 2. The van der Waals surface area contributed by atoms with Crippen molar-refractivity contribution >= 4 is 21.8 Å². The number of aromatic nitrogens is 3. The maximum absolute atomic E-state index is 5.53. The van der Waals surface area contributed by atoms with Gasteiger partial charge in [-0.3, -0.25) is 4.68 Å². The first-order chi connectivity index (χ1) is 9.34. The summed E-state index contributed by atoms with van der Waals surface area (Å²) in [6.07, 6.45) is 1.86. The van der Waals surface area contributed by atoms with Gasteiger partial charge in [0.1, 0.15) is 5.52 Å². The normalized spacial score (nSPS) is 11.4. The third-order valence-electron chi connectivity index (χ3n) is 3.41. The lowest BCUT2D eigenvalue weighted by Crippen LogP contribution is -1.87. The Morgan fingerprint density at radius 2 is 1.89 bits per heavy atom. The van der Waals surface area contributed by atoms with Crippen LogP contribution < -0.4 is 0 Å². The Balaban J connectivity index is 2.15. The van der Waals surface area contributed by atoms with E-state index in [1.54, 1.807) is 0 Å². The van der Waals surface area contributed by atoms with Crippen LogP contribution in [0.4, 0.5) is 0 Å². The van der Waals surface area contributed by atoms with Gasteiger partial charge in [-0.05, 0) is 12.1 Å². The van der Waals surface area contributed by atoms with E-state index in [-0.39, 0.29) is 0 Å². The molecule has 0 radical (unpaired) electrons. The minimum atomic E-state index is 0.800. The smallest absolute Gasteiger partial charge is 0.175 e. The summed E-state index contributed by atoms with van der Waals surface area (Å²) in [6, 6.07) is 14.0. The van der Waals surface area contributed by atoms with Crippen LogP contribution >= 0.6 is 0 Å². The van der Waals surface area contributed by atoms with E-state index in [1.807, 2.05) is 60.4 Å². The van der Waals surface area contributed by atoms with Gasteiger partial charge in [0.15, 0.2) is 5.76 Å². The molecule has 4 aromatic rings. The minimum Gasteiger partial charge on any atom is -0.355 e. The summed E-state index contributed by atoms with van der Waals surface area (Å²) in [5.74, 6) is 0.800. The van der Waals surface area contributed by atoms with Crippen LogP contribution in [0.15, 0.2) is 53.2 Å². The zero-order valence-corrected chi connectivity index (χ0v) is 10.4. The Morgan fingerprint density at radius 3 is 2.74 bits per heavy atom. The molecular weight excluding hydrogens is 238 g/mol. The van der Waals surface area contributed by atoms with E-state index >= 15 is 0 Å². The molecule has 0 saturated carbocycles. The number of nitrogens with zero attached hydrogens (tertiary/aromatic N) is 3. The molecule has 19 heavy (non-hydrogen) atoms. The van der Waals surface area contributed by atoms with Gasteiger partial charge in [0.05, 0.1) is 17.1 Å². The van der Waals surface area contributed by atoms with Gasteiger partial charge in [-0.1, -0.05) is 35.5 Å². The molecule has 0 aliphatic heterocycles. The molecule has 0 bridgehead atoms. The summed E-state index contributed by atoms with van der Waals surface area (Å²) in [4.78, 5) is 0. The van der Waals surface area contributed by atoms with Crippen LogP contribution in [0, 0.1) is 0 Å². The fourth-order valence-electron chi connectivity index (χ4n) is 2.46. The molecule has 0 fully saturated rings. The maximum Gasteiger partial charge on any atom is 0.175 e. The summed E-state index contributed by atoms with van der Waals surface area (Å²) in [5.41, 5.74) is 2.97. The van der Waals surface area contributed by atoms with E-state index in [4.69, 9.17) is 4.52 Å². The molecule has 2 aromatic heterocycles. The monoisotopic (exact) mass is 249 g/mol. The third-order valence-corrected chi connectivity index (χ3v) is 3.41. The van der Waals surface area contributed by atoms with E-state index in [9.17, 15) is 0 Å². The molecule has 4 nitrogen and oxygen atoms in total. The molecule has 2 aromatic carbocycles. The van der Waals surface area contributed by atoms with Crippen molar-refractivity contribution in [2.75, 3.05) is 0 Å². The minimum absolute atomic E-state index is 0.800. The second-order valence-electron chi connectivity index (χ2n) is 4.54. The van der Waals surface area contributed by atoms with Crippen LogP contribution in [-0.2, 0) is 7.05 Å². The number of aryl methyl sites for hydroxylation is 1. The predicted octanol–water partition coefficient (Wildman–Crippen LogP) is 3.38. The van der Waals surface area contributed by atoms with Crippen molar-refractivity contribution in [1.82, 2.24) is 14.9 Å². The zero-order valence-electron chi connectivity index (χ0n) is 10.4. The Hall–Kier alpha value is -2.62. The third kappa shape index (κ3) is 1.40. The molecule has 0 aliphatic rings. The Labute approximate surface area is 109 Å². The largest absolute Gasteiger partial charge is 0.355 e. The second kappa shape index (κ2) is 3.68. The molecule has 0 aliphatic carbocycles. The molecule has 0 amide bonds. The highest BCUT2D eigenvalue weighted by molar-refractivity contribution is 6.10. The first-order valence-corrected chi connectivity index (χ1v) is 6.10. The summed E-state index contributed by atoms with van der Waals surface area (Å²) in [7, 11) is 1.93. The van der Waals surface area contributed by atoms with Crippen LogP contribution in [0.25, 0.3) is 33.1 Å². The van der Waals surface area contributed by atoms with Gasteiger partial charge in [-0.2, -0.15) is 5.10 Å². The number of hydrogen-bond donors (Lipinski definition) is 0. The maximum atomic E-state index is 5.53. The Kier molecular flexibility index (Phi) is 2.00. The SMILES string of the molecule is Cn1ncc2c3c(-c4ccccc4)onc3ccc21. The topological polar surface area (TPSA) is 43.9 Å². The molecule has 0 saturated heterocycles. The van der Waals surface area contributed by atoms with Gasteiger partial charge in [0.25, 0.3) is 0 Å². The number of rotatable bonds is 1. The molecule has 0 spiro atoms. The highest BCUT2D eigenvalue weighted by Crippen LogP contribution is 2.33. The zero-order chi connectivity index (χ0) is 12.8. The van der Waals surface area contributed by atoms with Crippen LogP contribution in [0.3, 0.4) is 0 Å². The summed E-state index contributed by atoms with van der Waals surface area (Å²) >= 11 is 0. The molecular formula is C15H11N3O.